The Morgan fingerprint density at radius 2 is 1.97 bits per heavy atom. The van der Waals surface area contributed by atoms with Gasteiger partial charge >= 0.3 is 0 Å². The molecule has 4 rings (SSSR count). The van der Waals surface area contributed by atoms with Gasteiger partial charge in [-0.2, -0.15) is 5.10 Å². The number of hydrogen-bond acceptors (Lipinski definition) is 7. The van der Waals surface area contributed by atoms with Gasteiger partial charge < -0.3 is 10.1 Å². The van der Waals surface area contributed by atoms with Gasteiger partial charge in [-0.05, 0) is 30.3 Å². The average Bonchev–Trinajstić information content (AvgIpc) is 3.19. The van der Waals surface area contributed by atoms with E-state index >= 15 is 0 Å². The third-order valence-corrected chi connectivity index (χ3v) is 6.66. The highest BCUT2D eigenvalue weighted by Crippen LogP contribution is 2.28. The summed E-state index contributed by atoms with van der Waals surface area (Å²) in [6, 6.07) is 11.6. The molecular formula is C23H22ClN5OSSi. The fraction of sp³-hybridized carbons (Fsp3) is 0.217. The van der Waals surface area contributed by atoms with Crippen LogP contribution in [0.3, 0.4) is 0 Å². The van der Waals surface area contributed by atoms with Gasteiger partial charge in [0.1, 0.15) is 18.8 Å². The molecule has 0 aliphatic rings. The Bertz CT molecular complexity index is 1340. The predicted octanol–water partition coefficient (Wildman–Crippen LogP) is 5.65. The van der Waals surface area contributed by atoms with Crippen molar-refractivity contribution in [2.24, 2.45) is 0 Å². The maximum Gasteiger partial charge on any atom is 0.243 e. The number of ether oxygens (including phenoxy) is 1. The molecule has 0 saturated carbocycles. The fourth-order valence-corrected chi connectivity index (χ4v) is 4.50. The van der Waals surface area contributed by atoms with Crippen molar-refractivity contribution in [3.8, 4) is 28.5 Å². The van der Waals surface area contributed by atoms with Gasteiger partial charge in [0.15, 0.2) is 0 Å². The predicted molar refractivity (Wildman–Crippen MR) is 134 cm³/mol. The standard InChI is InChI=1S/C23H22ClN5OSSi/c1-30-16-6-8-21-19(12-16)27-22(31-21)14-25-23-28-20(13-26-29-23)17-11-15(5-7-18(17)24)9-10-32(2,3)4/h5-8,11-13H,14H2,1-4H3,(H,25,28,29). The van der Waals surface area contributed by atoms with Crippen LogP contribution in [0.25, 0.3) is 21.5 Å². The summed E-state index contributed by atoms with van der Waals surface area (Å²) in [6.07, 6.45) is 1.60. The van der Waals surface area contributed by atoms with Gasteiger partial charge in [-0.15, -0.1) is 22.0 Å². The third kappa shape index (κ3) is 5.43. The van der Waals surface area contributed by atoms with E-state index in [1.165, 1.54) is 0 Å². The van der Waals surface area contributed by atoms with Gasteiger partial charge in [0.05, 0.1) is 40.8 Å². The molecule has 4 aromatic rings. The number of methoxy groups -OCH3 is 1. The van der Waals surface area contributed by atoms with Crippen molar-refractivity contribution < 1.29 is 4.74 Å². The Morgan fingerprint density at radius 1 is 1.12 bits per heavy atom. The first-order chi connectivity index (χ1) is 15.3. The van der Waals surface area contributed by atoms with E-state index in [2.05, 4.69) is 56.6 Å². The van der Waals surface area contributed by atoms with Crippen molar-refractivity contribution in [1.29, 1.82) is 0 Å². The minimum Gasteiger partial charge on any atom is -0.497 e. The molecule has 0 spiro atoms. The lowest BCUT2D eigenvalue weighted by Crippen LogP contribution is -2.16. The van der Waals surface area contributed by atoms with Crippen LogP contribution in [0.4, 0.5) is 5.95 Å². The van der Waals surface area contributed by atoms with Crippen LogP contribution < -0.4 is 10.1 Å². The van der Waals surface area contributed by atoms with Crippen molar-refractivity contribution in [2.45, 2.75) is 26.2 Å². The fourth-order valence-electron chi connectivity index (χ4n) is 2.88. The Kier molecular flexibility index (Phi) is 6.42. The second kappa shape index (κ2) is 9.24. The lowest BCUT2D eigenvalue weighted by atomic mass is 10.1. The molecule has 0 fully saturated rings. The van der Waals surface area contributed by atoms with Crippen LogP contribution >= 0.6 is 22.9 Å². The highest BCUT2D eigenvalue weighted by Gasteiger charge is 2.11. The Hall–Kier alpha value is -2.99. The Labute approximate surface area is 197 Å². The smallest absolute Gasteiger partial charge is 0.243 e. The van der Waals surface area contributed by atoms with E-state index in [0.29, 0.717) is 23.2 Å². The molecular weight excluding hydrogens is 458 g/mol. The highest BCUT2D eigenvalue weighted by molar-refractivity contribution is 7.18. The first kappa shape index (κ1) is 22.2. The summed E-state index contributed by atoms with van der Waals surface area (Å²) >= 11 is 8.06. The van der Waals surface area contributed by atoms with Crippen LogP contribution in [0, 0.1) is 11.5 Å². The normalized spacial score (nSPS) is 11.2. The van der Waals surface area contributed by atoms with Crippen LogP contribution in [-0.2, 0) is 6.54 Å². The molecule has 0 aliphatic heterocycles. The zero-order chi connectivity index (χ0) is 22.7. The zero-order valence-corrected chi connectivity index (χ0v) is 20.8. The van der Waals surface area contributed by atoms with Gasteiger partial charge in [0.2, 0.25) is 5.95 Å². The molecule has 0 bridgehead atoms. The molecule has 6 nitrogen and oxygen atoms in total. The second-order valence-corrected chi connectivity index (χ2v) is 14.4. The molecule has 0 aliphatic carbocycles. The van der Waals surface area contributed by atoms with Gasteiger partial charge in [-0.25, -0.2) is 9.97 Å². The number of anilines is 1. The maximum absolute atomic E-state index is 6.45. The van der Waals surface area contributed by atoms with Gasteiger partial charge in [-0.3, -0.25) is 0 Å². The molecule has 1 N–H and O–H groups in total. The SMILES string of the molecule is COc1ccc2sc(CNc3nncc(-c4cc(C#C[Si](C)(C)C)ccc4Cl)n3)nc2c1. The van der Waals surface area contributed by atoms with E-state index in [-0.39, 0.29) is 0 Å². The number of aromatic nitrogens is 4. The van der Waals surface area contributed by atoms with E-state index in [1.807, 2.05) is 36.4 Å². The van der Waals surface area contributed by atoms with Crippen molar-refractivity contribution in [3.05, 3.63) is 58.2 Å². The monoisotopic (exact) mass is 479 g/mol. The molecule has 0 atom stereocenters. The second-order valence-electron chi connectivity index (χ2n) is 8.15. The summed E-state index contributed by atoms with van der Waals surface area (Å²) in [6.45, 7) is 7.13. The third-order valence-electron chi connectivity index (χ3n) is 4.42. The minimum absolute atomic E-state index is 0.411. The summed E-state index contributed by atoms with van der Waals surface area (Å²) in [5.74, 6) is 4.46. The summed E-state index contributed by atoms with van der Waals surface area (Å²) in [4.78, 5) is 9.25. The van der Waals surface area contributed by atoms with E-state index in [1.54, 1.807) is 24.6 Å². The number of rotatable bonds is 5. The molecule has 2 aromatic heterocycles. The number of fused-ring (bicyclic) bond motifs is 1. The molecule has 162 valence electrons. The van der Waals surface area contributed by atoms with Crippen LogP contribution in [0.2, 0.25) is 24.7 Å². The first-order valence-electron chi connectivity index (χ1n) is 10.0. The highest BCUT2D eigenvalue weighted by atomic mass is 35.5. The summed E-state index contributed by atoms with van der Waals surface area (Å²) in [5, 5.41) is 12.9. The molecule has 9 heteroatoms. The topological polar surface area (TPSA) is 72.8 Å². The maximum atomic E-state index is 6.45. The number of hydrogen-bond donors (Lipinski definition) is 1. The number of thiazole rings is 1. The number of benzene rings is 2. The zero-order valence-electron chi connectivity index (χ0n) is 18.2. The van der Waals surface area contributed by atoms with Crippen LogP contribution in [0.5, 0.6) is 5.75 Å². The number of nitrogens with one attached hydrogen (secondary N) is 1. The molecule has 0 amide bonds. The molecule has 0 radical (unpaired) electrons. The number of halogens is 1. The van der Waals surface area contributed by atoms with Gasteiger partial charge in [-0.1, -0.05) is 37.2 Å². The summed E-state index contributed by atoms with van der Waals surface area (Å²) in [7, 11) is 0.173. The lowest BCUT2D eigenvalue weighted by Gasteiger charge is -2.07. The first-order valence-corrected chi connectivity index (χ1v) is 14.7. The molecule has 0 unspecified atom stereocenters. The quantitative estimate of drug-likeness (QED) is 0.294. The van der Waals surface area contributed by atoms with Crippen molar-refractivity contribution in [2.75, 3.05) is 12.4 Å². The summed E-state index contributed by atoms with van der Waals surface area (Å²) in [5.41, 5.74) is 6.60. The van der Waals surface area contributed by atoms with E-state index in [0.717, 1.165) is 32.1 Å². The average molecular weight is 480 g/mol. The van der Waals surface area contributed by atoms with E-state index < -0.39 is 8.07 Å². The molecule has 32 heavy (non-hydrogen) atoms. The lowest BCUT2D eigenvalue weighted by molar-refractivity contribution is 0.415. The molecule has 0 saturated heterocycles. The summed E-state index contributed by atoms with van der Waals surface area (Å²) < 4.78 is 6.37. The van der Waals surface area contributed by atoms with Crippen LogP contribution in [0.15, 0.2) is 42.6 Å². The van der Waals surface area contributed by atoms with Crippen molar-refractivity contribution in [3.63, 3.8) is 0 Å². The minimum atomic E-state index is -1.47. The van der Waals surface area contributed by atoms with E-state index in [9.17, 15) is 0 Å². The van der Waals surface area contributed by atoms with E-state index in [4.69, 9.17) is 16.3 Å². The Balaban J connectivity index is 1.54. The van der Waals surface area contributed by atoms with Crippen molar-refractivity contribution in [1.82, 2.24) is 20.2 Å². The molecule has 2 aromatic carbocycles. The van der Waals surface area contributed by atoms with Gasteiger partial charge in [0, 0.05) is 17.2 Å². The number of nitrogens with zero attached hydrogens (tertiary/aromatic N) is 4. The van der Waals surface area contributed by atoms with Crippen LogP contribution in [0.1, 0.15) is 10.6 Å². The van der Waals surface area contributed by atoms with Crippen molar-refractivity contribution >= 4 is 47.2 Å². The van der Waals surface area contributed by atoms with Crippen LogP contribution in [-0.4, -0.2) is 35.3 Å². The Morgan fingerprint density at radius 3 is 2.75 bits per heavy atom. The molecule has 2 heterocycles. The van der Waals surface area contributed by atoms with Gasteiger partial charge in [0.25, 0.3) is 0 Å². The largest absolute Gasteiger partial charge is 0.497 e.